The Balaban J connectivity index is 2.63. The highest BCUT2D eigenvalue weighted by molar-refractivity contribution is 7.09. The fourth-order valence-electron chi connectivity index (χ4n) is 0.692. The van der Waals surface area contributed by atoms with E-state index in [2.05, 4.69) is 9.36 Å². The molecular weight excluding hydrogens is 208 g/mol. The predicted molar refractivity (Wildman–Crippen MR) is 49.2 cm³/mol. The molecule has 0 aliphatic rings. The first kappa shape index (κ1) is 10.4. The van der Waals surface area contributed by atoms with Crippen molar-refractivity contribution in [2.75, 3.05) is 5.73 Å². The van der Waals surface area contributed by atoms with E-state index in [-0.39, 0.29) is 11.0 Å². The summed E-state index contributed by atoms with van der Waals surface area (Å²) in [7, 11) is 0. The van der Waals surface area contributed by atoms with Gasteiger partial charge in [-0.3, -0.25) is 5.41 Å². The van der Waals surface area contributed by atoms with Crippen molar-refractivity contribution < 1.29 is 14.6 Å². The number of rotatable bonds is 2. The molecule has 4 N–H and O–H groups in total. The van der Waals surface area contributed by atoms with Crippen molar-refractivity contribution in [2.45, 2.75) is 13.0 Å². The molecular formula is C6H8N4O3S. The maximum atomic E-state index is 10.3. The Hall–Kier alpha value is -1.70. The summed E-state index contributed by atoms with van der Waals surface area (Å²) in [4.78, 5) is 14.1. The Labute approximate surface area is 83.2 Å². The van der Waals surface area contributed by atoms with E-state index in [9.17, 15) is 4.79 Å². The van der Waals surface area contributed by atoms with Gasteiger partial charge in [0, 0.05) is 11.5 Å². The Morgan fingerprint density at radius 3 is 2.86 bits per heavy atom. The Morgan fingerprint density at radius 2 is 2.43 bits per heavy atom. The lowest BCUT2D eigenvalue weighted by molar-refractivity contribution is -0.131. The van der Waals surface area contributed by atoms with E-state index in [0.29, 0.717) is 0 Å². The summed E-state index contributed by atoms with van der Waals surface area (Å²) in [6, 6.07) is 0. The summed E-state index contributed by atoms with van der Waals surface area (Å²) in [5, 5.41) is 15.6. The van der Waals surface area contributed by atoms with Crippen LogP contribution in [0.3, 0.4) is 0 Å². The maximum absolute atomic E-state index is 10.3. The van der Waals surface area contributed by atoms with Crippen LogP contribution in [-0.4, -0.2) is 26.3 Å². The molecule has 1 unspecified atom stereocenters. The van der Waals surface area contributed by atoms with Gasteiger partial charge in [0.15, 0.2) is 17.1 Å². The number of ether oxygens (including phenoxy) is 1. The van der Waals surface area contributed by atoms with Crippen LogP contribution in [0.1, 0.15) is 18.9 Å². The van der Waals surface area contributed by atoms with Crippen LogP contribution in [0.4, 0.5) is 5.13 Å². The summed E-state index contributed by atoms with van der Waals surface area (Å²) >= 11 is 0.987. The molecule has 0 aliphatic heterocycles. The van der Waals surface area contributed by atoms with Crippen molar-refractivity contribution >= 4 is 28.5 Å². The standard InChI is InChI=1S/C6H8N4O3S/c1-2(13-3(7)5(11)12)4-9-6(8)14-10-4/h2,7H,1H3,(H,11,12)(H2,8,9,10). The first-order valence-corrected chi connectivity index (χ1v) is 4.35. The lowest BCUT2D eigenvalue weighted by Crippen LogP contribution is -2.18. The fraction of sp³-hybridized carbons (Fsp3) is 0.333. The van der Waals surface area contributed by atoms with Gasteiger partial charge in [0.25, 0.3) is 5.90 Å². The molecule has 0 bridgehead atoms. The highest BCUT2D eigenvalue weighted by Crippen LogP contribution is 2.16. The first-order valence-electron chi connectivity index (χ1n) is 3.58. The number of hydrogen-bond acceptors (Lipinski definition) is 7. The molecule has 0 spiro atoms. The number of nitrogens with zero attached hydrogens (tertiary/aromatic N) is 2. The zero-order valence-corrected chi connectivity index (χ0v) is 8.04. The summed E-state index contributed by atoms with van der Waals surface area (Å²) in [6.45, 7) is 1.54. The normalized spacial score (nSPS) is 12.1. The molecule has 14 heavy (non-hydrogen) atoms. The summed E-state index contributed by atoms with van der Waals surface area (Å²) in [6.07, 6.45) is -0.688. The highest BCUT2D eigenvalue weighted by atomic mass is 32.1. The van der Waals surface area contributed by atoms with Gasteiger partial charge in [0.2, 0.25) is 0 Å². The van der Waals surface area contributed by atoms with Crippen molar-refractivity contribution in [1.29, 1.82) is 5.41 Å². The second-order valence-corrected chi connectivity index (χ2v) is 3.17. The molecule has 0 radical (unpaired) electrons. The smallest absolute Gasteiger partial charge is 0.391 e. The van der Waals surface area contributed by atoms with E-state index in [1.807, 2.05) is 0 Å². The molecule has 76 valence electrons. The number of aliphatic carboxylic acids is 1. The van der Waals surface area contributed by atoms with Gasteiger partial charge in [-0.05, 0) is 6.92 Å². The third-order valence-corrected chi connectivity index (χ3v) is 1.87. The van der Waals surface area contributed by atoms with Gasteiger partial charge in [0.05, 0.1) is 0 Å². The van der Waals surface area contributed by atoms with Crippen LogP contribution in [0.2, 0.25) is 0 Å². The lowest BCUT2D eigenvalue weighted by Gasteiger charge is -2.08. The molecule has 8 heteroatoms. The van der Waals surface area contributed by atoms with Crippen LogP contribution in [0.15, 0.2) is 0 Å². The monoisotopic (exact) mass is 216 g/mol. The molecule has 0 saturated heterocycles. The quantitative estimate of drug-likeness (QED) is 0.481. The molecule has 1 aromatic rings. The van der Waals surface area contributed by atoms with Gasteiger partial charge in [0.1, 0.15) is 0 Å². The van der Waals surface area contributed by atoms with Gasteiger partial charge < -0.3 is 15.6 Å². The van der Waals surface area contributed by atoms with Gasteiger partial charge in [-0.1, -0.05) is 0 Å². The maximum Gasteiger partial charge on any atom is 0.391 e. The molecule has 1 rings (SSSR count). The average Bonchev–Trinajstić information content (AvgIpc) is 2.51. The number of nitrogens with one attached hydrogen (secondary N) is 1. The molecule has 0 fully saturated rings. The molecule has 1 aromatic heterocycles. The number of aromatic nitrogens is 2. The number of carboxylic acid groups (broad SMARTS) is 1. The van der Waals surface area contributed by atoms with E-state index in [1.54, 1.807) is 6.92 Å². The Kier molecular flexibility index (Phi) is 2.97. The van der Waals surface area contributed by atoms with Gasteiger partial charge in [-0.15, -0.1) is 0 Å². The zero-order chi connectivity index (χ0) is 10.7. The molecule has 1 heterocycles. The molecule has 0 aromatic carbocycles. The second-order valence-electron chi connectivity index (χ2n) is 2.39. The minimum absolute atomic E-state index is 0.275. The third kappa shape index (κ3) is 2.39. The largest absolute Gasteiger partial charge is 0.474 e. The molecule has 0 saturated carbocycles. The van der Waals surface area contributed by atoms with E-state index in [1.165, 1.54) is 0 Å². The van der Waals surface area contributed by atoms with Crippen molar-refractivity contribution in [3.05, 3.63) is 5.82 Å². The Bertz CT molecular complexity index is 364. The molecule has 0 aliphatic carbocycles. The van der Waals surface area contributed by atoms with E-state index < -0.39 is 18.0 Å². The van der Waals surface area contributed by atoms with Crippen molar-refractivity contribution in [3.8, 4) is 0 Å². The van der Waals surface area contributed by atoms with Crippen molar-refractivity contribution in [2.24, 2.45) is 0 Å². The molecule has 0 amide bonds. The fourth-order valence-corrected chi connectivity index (χ4v) is 1.20. The minimum Gasteiger partial charge on any atom is -0.474 e. The van der Waals surface area contributed by atoms with Crippen LogP contribution in [-0.2, 0) is 9.53 Å². The first-order chi connectivity index (χ1) is 6.50. The van der Waals surface area contributed by atoms with Crippen LogP contribution in [0.25, 0.3) is 0 Å². The third-order valence-electron chi connectivity index (χ3n) is 1.31. The van der Waals surface area contributed by atoms with Crippen molar-refractivity contribution in [1.82, 2.24) is 9.36 Å². The molecule has 7 nitrogen and oxygen atoms in total. The van der Waals surface area contributed by atoms with Gasteiger partial charge in [-0.2, -0.15) is 9.36 Å². The van der Waals surface area contributed by atoms with Crippen LogP contribution in [0.5, 0.6) is 0 Å². The summed E-state index contributed by atoms with van der Waals surface area (Å²) < 4.78 is 8.54. The Morgan fingerprint density at radius 1 is 1.79 bits per heavy atom. The van der Waals surface area contributed by atoms with E-state index in [4.69, 9.17) is 21.0 Å². The topological polar surface area (TPSA) is 122 Å². The van der Waals surface area contributed by atoms with Crippen LogP contribution < -0.4 is 5.73 Å². The van der Waals surface area contributed by atoms with Gasteiger partial charge in [-0.25, -0.2) is 4.79 Å². The highest BCUT2D eigenvalue weighted by Gasteiger charge is 2.17. The summed E-state index contributed by atoms with van der Waals surface area (Å²) in [5.74, 6) is -2.00. The predicted octanol–water partition coefficient (Wildman–Crippen LogP) is 0.260. The lowest BCUT2D eigenvalue weighted by atomic mass is 10.4. The van der Waals surface area contributed by atoms with Gasteiger partial charge >= 0.3 is 5.97 Å². The number of nitrogen functional groups attached to an aromatic ring is 1. The van der Waals surface area contributed by atoms with Crippen LogP contribution in [0, 0.1) is 5.41 Å². The average molecular weight is 216 g/mol. The number of hydrogen-bond donors (Lipinski definition) is 3. The zero-order valence-electron chi connectivity index (χ0n) is 7.22. The minimum atomic E-state index is -1.43. The van der Waals surface area contributed by atoms with E-state index in [0.717, 1.165) is 11.5 Å². The molecule has 1 atom stereocenters. The second kappa shape index (κ2) is 4.01. The number of nitrogens with two attached hydrogens (primary N) is 1. The number of anilines is 1. The SMILES string of the molecule is CC(OC(=N)C(=O)O)c1nsc(N)n1. The van der Waals surface area contributed by atoms with E-state index >= 15 is 0 Å². The van der Waals surface area contributed by atoms with Crippen LogP contribution >= 0.6 is 11.5 Å². The van der Waals surface area contributed by atoms with Crippen molar-refractivity contribution in [3.63, 3.8) is 0 Å². The number of carboxylic acids is 1. The number of carbonyl (C=O) groups is 1. The summed E-state index contributed by atoms with van der Waals surface area (Å²) in [5.41, 5.74) is 5.33.